The number of aryl methyl sites for hydroxylation is 1. The van der Waals surface area contributed by atoms with Crippen molar-refractivity contribution in [2.75, 3.05) is 14.2 Å². The third-order valence-electron chi connectivity index (χ3n) is 3.82. The van der Waals surface area contributed by atoms with E-state index in [4.69, 9.17) is 4.74 Å². The molecular formula is C17H21BrN2O3S. The minimum atomic E-state index is 0.0344. The predicted molar refractivity (Wildman–Crippen MR) is 99.7 cm³/mol. The fourth-order valence-electron chi connectivity index (χ4n) is 2.47. The SMILES string of the molecule is COc1ccc(Br)cc1CN(C)C(=O)CCCn1c(C)csc1=O. The predicted octanol–water partition coefficient (Wildman–Crippen LogP) is 3.43. The highest BCUT2D eigenvalue weighted by atomic mass is 79.9. The molecule has 0 aliphatic heterocycles. The number of hydrogen-bond acceptors (Lipinski definition) is 4. The Balaban J connectivity index is 1.91. The first-order valence-corrected chi connectivity index (χ1v) is 9.31. The van der Waals surface area contributed by atoms with E-state index in [-0.39, 0.29) is 10.8 Å². The molecule has 0 radical (unpaired) electrons. The number of ether oxygens (including phenoxy) is 1. The smallest absolute Gasteiger partial charge is 0.307 e. The molecule has 0 atom stereocenters. The van der Waals surface area contributed by atoms with Gasteiger partial charge in [0.1, 0.15) is 5.75 Å². The van der Waals surface area contributed by atoms with Crippen molar-refractivity contribution in [3.05, 3.63) is 49.0 Å². The average molecular weight is 413 g/mol. The molecule has 0 bridgehead atoms. The first kappa shape index (κ1) is 18.7. The number of halogens is 1. The van der Waals surface area contributed by atoms with Gasteiger partial charge < -0.3 is 14.2 Å². The number of methoxy groups -OCH3 is 1. The molecule has 0 aliphatic rings. The van der Waals surface area contributed by atoms with Gasteiger partial charge in [0.05, 0.1) is 7.11 Å². The van der Waals surface area contributed by atoms with Gasteiger partial charge in [0.2, 0.25) is 5.91 Å². The molecule has 0 fully saturated rings. The highest BCUT2D eigenvalue weighted by Crippen LogP contribution is 2.24. The van der Waals surface area contributed by atoms with Crippen LogP contribution in [0.3, 0.4) is 0 Å². The lowest BCUT2D eigenvalue weighted by molar-refractivity contribution is -0.130. The van der Waals surface area contributed by atoms with Gasteiger partial charge in [-0.05, 0) is 31.5 Å². The van der Waals surface area contributed by atoms with Crippen LogP contribution in [0.25, 0.3) is 0 Å². The molecule has 0 saturated heterocycles. The first-order chi connectivity index (χ1) is 11.4. The van der Waals surface area contributed by atoms with E-state index in [1.807, 2.05) is 30.5 Å². The maximum Gasteiger partial charge on any atom is 0.307 e. The molecule has 0 saturated carbocycles. The highest BCUT2D eigenvalue weighted by Gasteiger charge is 2.13. The number of benzene rings is 1. The lowest BCUT2D eigenvalue weighted by atomic mass is 10.2. The summed E-state index contributed by atoms with van der Waals surface area (Å²) in [4.78, 5) is 25.7. The van der Waals surface area contributed by atoms with Crippen molar-refractivity contribution >= 4 is 33.2 Å². The summed E-state index contributed by atoms with van der Waals surface area (Å²) >= 11 is 4.64. The van der Waals surface area contributed by atoms with Crippen LogP contribution in [0.5, 0.6) is 5.75 Å². The second-order valence-electron chi connectivity index (χ2n) is 5.60. The van der Waals surface area contributed by atoms with Crippen LogP contribution in [-0.2, 0) is 17.9 Å². The summed E-state index contributed by atoms with van der Waals surface area (Å²) in [6.45, 7) is 2.97. The Labute approximate surface area is 154 Å². The Hall–Kier alpha value is -1.60. The van der Waals surface area contributed by atoms with Crippen LogP contribution in [0, 0.1) is 6.92 Å². The number of amides is 1. The first-order valence-electron chi connectivity index (χ1n) is 7.63. The van der Waals surface area contributed by atoms with Crippen molar-refractivity contribution in [1.82, 2.24) is 9.47 Å². The molecule has 1 aromatic carbocycles. The summed E-state index contributed by atoms with van der Waals surface area (Å²) in [5.41, 5.74) is 1.90. The largest absolute Gasteiger partial charge is 0.496 e. The molecule has 0 N–H and O–H groups in total. The maximum atomic E-state index is 12.3. The Bertz CT molecular complexity index is 769. The van der Waals surface area contributed by atoms with E-state index in [2.05, 4.69) is 15.9 Å². The number of rotatable bonds is 7. The second-order valence-corrected chi connectivity index (χ2v) is 7.34. The number of carbonyl (C=O) groups is 1. The molecule has 7 heteroatoms. The summed E-state index contributed by atoms with van der Waals surface area (Å²) in [5.74, 6) is 0.816. The van der Waals surface area contributed by atoms with Gasteiger partial charge in [-0.2, -0.15) is 0 Å². The minimum Gasteiger partial charge on any atom is -0.496 e. The fraction of sp³-hybridized carbons (Fsp3) is 0.412. The molecule has 1 amide bonds. The zero-order valence-electron chi connectivity index (χ0n) is 14.0. The molecule has 130 valence electrons. The molecule has 0 aliphatic carbocycles. The molecule has 2 aromatic rings. The van der Waals surface area contributed by atoms with Crippen LogP contribution in [0.4, 0.5) is 0 Å². The molecule has 1 heterocycles. The quantitative estimate of drug-likeness (QED) is 0.699. The van der Waals surface area contributed by atoms with Crippen LogP contribution in [0.15, 0.2) is 32.8 Å². The van der Waals surface area contributed by atoms with Gasteiger partial charge in [-0.3, -0.25) is 9.59 Å². The summed E-state index contributed by atoms with van der Waals surface area (Å²) in [5, 5.41) is 1.84. The fourth-order valence-corrected chi connectivity index (χ4v) is 3.64. The number of hydrogen-bond donors (Lipinski definition) is 0. The summed E-state index contributed by atoms with van der Waals surface area (Å²) in [7, 11) is 3.40. The molecule has 24 heavy (non-hydrogen) atoms. The Morgan fingerprint density at radius 1 is 1.42 bits per heavy atom. The van der Waals surface area contributed by atoms with E-state index in [1.165, 1.54) is 11.3 Å². The van der Waals surface area contributed by atoms with Gasteiger partial charge in [-0.1, -0.05) is 27.3 Å². The number of thiazole rings is 1. The van der Waals surface area contributed by atoms with E-state index in [0.29, 0.717) is 25.9 Å². The van der Waals surface area contributed by atoms with Gasteiger partial charge in [-0.15, -0.1) is 0 Å². The van der Waals surface area contributed by atoms with Gasteiger partial charge >= 0.3 is 4.87 Å². The maximum absolute atomic E-state index is 12.3. The molecule has 0 unspecified atom stereocenters. The second kappa shape index (κ2) is 8.48. The van der Waals surface area contributed by atoms with Crippen LogP contribution < -0.4 is 9.61 Å². The average Bonchev–Trinajstić information content (AvgIpc) is 2.86. The van der Waals surface area contributed by atoms with Crippen molar-refractivity contribution in [2.24, 2.45) is 0 Å². The molecule has 0 spiro atoms. The van der Waals surface area contributed by atoms with Crippen LogP contribution in [0.2, 0.25) is 0 Å². The summed E-state index contributed by atoms with van der Waals surface area (Å²) in [6.07, 6.45) is 1.06. The lowest BCUT2D eigenvalue weighted by Gasteiger charge is -2.19. The molecule has 2 rings (SSSR count). The van der Waals surface area contributed by atoms with Crippen molar-refractivity contribution in [2.45, 2.75) is 32.9 Å². The summed E-state index contributed by atoms with van der Waals surface area (Å²) in [6, 6.07) is 5.74. The van der Waals surface area contributed by atoms with Crippen LogP contribution >= 0.6 is 27.3 Å². The third kappa shape index (κ3) is 4.70. The Morgan fingerprint density at radius 3 is 2.79 bits per heavy atom. The third-order valence-corrected chi connectivity index (χ3v) is 5.20. The van der Waals surface area contributed by atoms with Gasteiger partial charge in [0, 0.05) is 47.7 Å². The van der Waals surface area contributed by atoms with E-state index in [1.54, 1.807) is 23.6 Å². The zero-order valence-corrected chi connectivity index (χ0v) is 16.4. The number of aromatic nitrogens is 1. The van der Waals surface area contributed by atoms with Gasteiger partial charge in [-0.25, -0.2) is 0 Å². The van der Waals surface area contributed by atoms with Gasteiger partial charge in [0.15, 0.2) is 0 Å². The number of nitrogens with zero attached hydrogens (tertiary/aromatic N) is 2. The van der Waals surface area contributed by atoms with Crippen molar-refractivity contribution < 1.29 is 9.53 Å². The van der Waals surface area contributed by atoms with Crippen LogP contribution in [0.1, 0.15) is 24.1 Å². The summed E-state index contributed by atoms with van der Waals surface area (Å²) < 4.78 is 8.01. The topological polar surface area (TPSA) is 51.5 Å². The molecular weight excluding hydrogens is 392 g/mol. The van der Waals surface area contributed by atoms with E-state index in [9.17, 15) is 9.59 Å². The lowest BCUT2D eigenvalue weighted by Crippen LogP contribution is -2.26. The highest BCUT2D eigenvalue weighted by molar-refractivity contribution is 9.10. The van der Waals surface area contributed by atoms with E-state index >= 15 is 0 Å². The normalized spacial score (nSPS) is 10.7. The standard InChI is InChI=1S/C17H21BrN2O3S/c1-12-11-24-17(22)20(12)8-4-5-16(21)19(2)10-13-9-14(18)6-7-15(13)23-3/h6-7,9,11H,4-5,8,10H2,1-3H3. The van der Waals surface area contributed by atoms with E-state index < -0.39 is 0 Å². The zero-order chi connectivity index (χ0) is 17.7. The minimum absolute atomic E-state index is 0.0344. The van der Waals surface area contributed by atoms with Gasteiger partial charge in [0.25, 0.3) is 0 Å². The Kier molecular flexibility index (Phi) is 6.62. The van der Waals surface area contributed by atoms with E-state index in [0.717, 1.165) is 21.5 Å². The Morgan fingerprint density at radius 2 is 2.17 bits per heavy atom. The van der Waals surface area contributed by atoms with Crippen LogP contribution in [-0.4, -0.2) is 29.5 Å². The monoisotopic (exact) mass is 412 g/mol. The van der Waals surface area contributed by atoms with Crippen molar-refractivity contribution in [3.63, 3.8) is 0 Å². The number of carbonyl (C=O) groups excluding carboxylic acids is 1. The van der Waals surface area contributed by atoms with Crippen molar-refractivity contribution in [1.29, 1.82) is 0 Å². The molecule has 1 aromatic heterocycles. The molecule has 5 nitrogen and oxygen atoms in total. The van der Waals surface area contributed by atoms with Crippen molar-refractivity contribution in [3.8, 4) is 5.75 Å².